The summed E-state index contributed by atoms with van der Waals surface area (Å²) in [6, 6.07) is 3.40. The van der Waals surface area contributed by atoms with E-state index in [1.54, 1.807) is 0 Å². The number of rotatable bonds is 4. The van der Waals surface area contributed by atoms with E-state index in [4.69, 9.17) is 15.9 Å². The first-order valence-corrected chi connectivity index (χ1v) is 8.56. The van der Waals surface area contributed by atoms with Crippen LogP contribution in [-0.4, -0.2) is 7.11 Å². The molecule has 0 aliphatic rings. The fourth-order valence-electron chi connectivity index (χ4n) is 2.86. The van der Waals surface area contributed by atoms with Gasteiger partial charge in [0, 0.05) is 11.6 Å². The monoisotopic (exact) mass is 458 g/mol. The Balaban J connectivity index is 2.23. The van der Waals surface area contributed by atoms with Gasteiger partial charge in [0.2, 0.25) is 17.4 Å². The summed E-state index contributed by atoms with van der Waals surface area (Å²) in [6.45, 7) is 0.657. The van der Waals surface area contributed by atoms with Gasteiger partial charge >= 0.3 is 0 Å². The maximum Gasteiger partial charge on any atom is 0.205 e. The minimum absolute atomic E-state index is 0.0677. The number of hydrogen-bond donors (Lipinski definition) is 0. The molecule has 0 bridgehead atoms. The lowest BCUT2D eigenvalue weighted by atomic mass is 9.99. The molecule has 0 aliphatic heterocycles. The molecule has 0 heterocycles. The first kappa shape index (κ1) is 22.9. The average Bonchev–Trinajstić information content (AvgIpc) is 2.79. The smallest absolute Gasteiger partial charge is 0.205 e. The van der Waals surface area contributed by atoms with Crippen LogP contribution in [0.5, 0.6) is 17.2 Å². The van der Waals surface area contributed by atoms with Crippen molar-refractivity contribution < 1.29 is 44.6 Å². The van der Waals surface area contributed by atoms with E-state index in [0.29, 0.717) is 6.92 Å². The van der Waals surface area contributed by atoms with Crippen molar-refractivity contribution in [2.24, 2.45) is 0 Å². The van der Waals surface area contributed by atoms with Gasteiger partial charge in [0.25, 0.3) is 0 Å². The van der Waals surface area contributed by atoms with E-state index >= 15 is 0 Å². The molecular formula is C22H10F8O2. The second kappa shape index (κ2) is 8.42. The number of halogens is 8. The second-order valence-electron chi connectivity index (χ2n) is 6.32. The maximum atomic E-state index is 14.6. The van der Waals surface area contributed by atoms with E-state index in [9.17, 15) is 35.1 Å². The highest BCUT2D eigenvalue weighted by Gasteiger charge is 2.34. The molecule has 0 saturated heterocycles. The number of terminal acetylenes is 1. The molecule has 3 aromatic rings. The molecule has 0 N–H and O–H groups in total. The first-order valence-electron chi connectivity index (χ1n) is 8.56. The van der Waals surface area contributed by atoms with Gasteiger partial charge in [0.1, 0.15) is 11.5 Å². The Morgan fingerprint density at radius 2 is 1.19 bits per heavy atom. The van der Waals surface area contributed by atoms with Crippen LogP contribution < -0.4 is 9.47 Å². The summed E-state index contributed by atoms with van der Waals surface area (Å²) in [4.78, 5) is 0. The molecule has 0 spiro atoms. The Labute approximate surface area is 176 Å². The molecule has 0 saturated carbocycles. The fraction of sp³-hybridized carbons (Fsp3) is 0.0909. The highest BCUT2D eigenvalue weighted by Crippen LogP contribution is 2.41. The third-order valence-corrected chi connectivity index (χ3v) is 4.50. The summed E-state index contributed by atoms with van der Waals surface area (Å²) in [5, 5.41) is 0. The lowest BCUT2D eigenvalue weighted by molar-refractivity contribution is 0.365. The number of ether oxygens (including phenoxy) is 2. The zero-order valence-corrected chi connectivity index (χ0v) is 16.1. The van der Waals surface area contributed by atoms with Gasteiger partial charge < -0.3 is 9.47 Å². The van der Waals surface area contributed by atoms with Crippen molar-refractivity contribution >= 4 is 0 Å². The topological polar surface area (TPSA) is 18.5 Å². The van der Waals surface area contributed by atoms with Crippen LogP contribution in [0.3, 0.4) is 0 Å². The summed E-state index contributed by atoms with van der Waals surface area (Å²) in [6.07, 6.45) is 5.26. The largest absolute Gasteiger partial charge is 0.495 e. The Kier molecular flexibility index (Phi) is 6.03. The molecule has 0 radical (unpaired) electrons. The average molecular weight is 458 g/mol. The van der Waals surface area contributed by atoms with Gasteiger partial charge in [0.05, 0.1) is 23.8 Å². The van der Waals surface area contributed by atoms with E-state index in [2.05, 4.69) is 5.92 Å². The molecule has 0 atom stereocenters. The Hall–Kier alpha value is -3.74. The SMILES string of the molecule is C#Cc1cc(Oc2c(F)c(F)c(-c3c(F)c(F)c(C)c(F)c3F)c(F)c2F)ccc1OC. The summed E-state index contributed by atoms with van der Waals surface area (Å²) in [5.74, 6) is -17.2. The van der Waals surface area contributed by atoms with E-state index in [-0.39, 0.29) is 17.1 Å². The van der Waals surface area contributed by atoms with Gasteiger partial charge in [-0.15, -0.1) is 6.42 Å². The van der Waals surface area contributed by atoms with Gasteiger partial charge in [0.15, 0.2) is 34.9 Å². The molecule has 2 nitrogen and oxygen atoms in total. The molecule has 0 unspecified atom stereocenters. The van der Waals surface area contributed by atoms with Gasteiger partial charge in [-0.1, -0.05) is 5.92 Å². The van der Waals surface area contributed by atoms with Crippen LogP contribution >= 0.6 is 0 Å². The molecule has 10 heteroatoms. The van der Waals surface area contributed by atoms with Crippen LogP contribution in [0.1, 0.15) is 11.1 Å². The van der Waals surface area contributed by atoms with Crippen LogP contribution in [-0.2, 0) is 0 Å². The maximum absolute atomic E-state index is 14.6. The van der Waals surface area contributed by atoms with Crippen molar-refractivity contribution in [2.75, 3.05) is 7.11 Å². The molecule has 32 heavy (non-hydrogen) atoms. The molecule has 166 valence electrons. The van der Waals surface area contributed by atoms with E-state index in [1.807, 2.05) is 0 Å². The summed E-state index contributed by atoms with van der Waals surface area (Å²) in [7, 11) is 1.29. The van der Waals surface area contributed by atoms with Crippen LogP contribution in [0.15, 0.2) is 18.2 Å². The lowest BCUT2D eigenvalue weighted by Gasteiger charge is -2.15. The molecule has 0 aliphatic carbocycles. The van der Waals surface area contributed by atoms with Gasteiger partial charge in [-0.25, -0.2) is 26.3 Å². The van der Waals surface area contributed by atoms with Crippen LogP contribution in [0, 0.1) is 65.8 Å². The van der Waals surface area contributed by atoms with Crippen molar-refractivity contribution in [1.82, 2.24) is 0 Å². The third-order valence-electron chi connectivity index (χ3n) is 4.50. The highest BCUT2D eigenvalue weighted by atomic mass is 19.2. The Morgan fingerprint density at radius 3 is 1.62 bits per heavy atom. The van der Waals surface area contributed by atoms with Crippen LogP contribution in [0.4, 0.5) is 35.1 Å². The third kappa shape index (κ3) is 3.49. The first-order chi connectivity index (χ1) is 15.0. The normalized spacial score (nSPS) is 10.8. The number of hydrogen-bond acceptors (Lipinski definition) is 2. The van der Waals surface area contributed by atoms with E-state index in [1.165, 1.54) is 13.2 Å². The quantitative estimate of drug-likeness (QED) is 0.251. The zero-order chi connectivity index (χ0) is 23.9. The van der Waals surface area contributed by atoms with Crippen molar-refractivity contribution in [2.45, 2.75) is 6.92 Å². The van der Waals surface area contributed by atoms with Crippen LogP contribution in [0.25, 0.3) is 11.1 Å². The molecule has 0 aromatic heterocycles. The Morgan fingerprint density at radius 1 is 0.719 bits per heavy atom. The Bertz CT molecular complexity index is 1240. The second-order valence-corrected chi connectivity index (χ2v) is 6.32. The molecule has 3 aromatic carbocycles. The highest BCUT2D eigenvalue weighted by molar-refractivity contribution is 5.69. The fourth-order valence-corrected chi connectivity index (χ4v) is 2.86. The van der Waals surface area contributed by atoms with Crippen molar-refractivity contribution in [1.29, 1.82) is 0 Å². The van der Waals surface area contributed by atoms with Gasteiger partial charge in [-0.2, -0.15) is 8.78 Å². The number of benzene rings is 3. The molecular weight excluding hydrogens is 448 g/mol. The standard InChI is InChI=1S/C22H10F8O2/c1-4-9-7-10(5-6-11(9)31-3)32-22-20(29)18(27)13(19(28)21(22)30)12-16(25)14(23)8(2)15(24)17(12)26/h1,5-7H,2-3H3. The van der Waals surface area contributed by atoms with Gasteiger partial charge in [-0.3, -0.25) is 0 Å². The zero-order valence-electron chi connectivity index (χ0n) is 16.1. The summed E-state index contributed by atoms with van der Waals surface area (Å²) < 4.78 is 124. The molecule has 3 rings (SSSR count). The number of methoxy groups -OCH3 is 1. The van der Waals surface area contributed by atoms with Crippen molar-refractivity contribution in [3.63, 3.8) is 0 Å². The molecule has 0 fully saturated rings. The van der Waals surface area contributed by atoms with Crippen molar-refractivity contribution in [3.05, 3.63) is 75.9 Å². The van der Waals surface area contributed by atoms with Crippen LogP contribution in [0.2, 0.25) is 0 Å². The molecule has 0 amide bonds. The minimum Gasteiger partial charge on any atom is -0.495 e. The lowest BCUT2D eigenvalue weighted by Crippen LogP contribution is -2.09. The summed E-state index contributed by atoms with van der Waals surface area (Å²) in [5.41, 5.74) is -5.00. The van der Waals surface area contributed by atoms with Crippen molar-refractivity contribution in [3.8, 4) is 40.7 Å². The van der Waals surface area contributed by atoms with Gasteiger partial charge in [-0.05, 0) is 19.1 Å². The van der Waals surface area contributed by atoms with E-state index in [0.717, 1.165) is 12.1 Å². The predicted molar refractivity (Wildman–Crippen MR) is 97.3 cm³/mol. The predicted octanol–water partition coefficient (Wildman–Crippen LogP) is 6.56. The van der Waals surface area contributed by atoms with E-state index < -0.39 is 69.0 Å². The minimum atomic E-state index is -2.34. The summed E-state index contributed by atoms with van der Waals surface area (Å²) >= 11 is 0.